The van der Waals surface area contributed by atoms with Gasteiger partial charge in [-0.2, -0.15) is 0 Å². The fraction of sp³-hybridized carbons (Fsp3) is 0.0476. The summed E-state index contributed by atoms with van der Waals surface area (Å²) < 4.78 is 13.4. The summed E-state index contributed by atoms with van der Waals surface area (Å²) in [5.41, 5.74) is 3.09. The Hall–Kier alpha value is -3.47. The van der Waals surface area contributed by atoms with Gasteiger partial charge in [-0.3, -0.25) is 19.4 Å². The van der Waals surface area contributed by atoms with E-state index in [4.69, 9.17) is 0 Å². The molecule has 4 nitrogen and oxygen atoms in total. The lowest BCUT2D eigenvalue weighted by molar-refractivity contribution is -0.119. The summed E-state index contributed by atoms with van der Waals surface area (Å²) >= 11 is 0. The third kappa shape index (κ3) is 1.88. The highest BCUT2D eigenvalue weighted by Crippen LogP contribution is 2.49. The molecule has 0 N–H and O–H groups in total. The van der Waals surface area contributed by atoms with Crippen LogP contribution in [0.3, 0.4) is 0 Å². The highest BCUT2D eigenvalue weighted by molar-refractivity contribution is 6.23. The minimum Gasteiger partial charge on any atom is -0.289 e. The maximum atomic E-state index is 13.4. The Balaban J connectivity index is 1.76. The van der Waals surface area contributed by atoms with Crippen molar-refractivity contribution in [2.24, 2.45) is 0 Å². The number of halogens is 1. The lowest BCUT2D eigenvalue weighted by Gasteiger charge is -2.38. The summed E-state index contributed by atoms with van der Waals surface area (Å²) in [6, 6.07) is 19.5. The molecule has 1 unspecified atom stereocenters. The van der Waals surface area contributed by atoms with E-state index in [0.717, 1.165) is 0 Å². The first kappa shape index (κ1) is 14.8. The number of rotatable bonds is 1. The SMILES string of the molecule is O=C1C2c3ccccc3C(=O)N2c2ccccc2N1c1ccc(F)cc1. The summed E-state index contributed by atoms with van der Waals surface area (Å²) in [5.74, 6) is -0.770. The Labute approximate surface area is 149 Å². The molecule has 0 radical (unpaired) electrons. The van der Waals surface area contributed by atoms with Crippen LogP contribution in [0.1, 0.15) is 22.0 Å². The highest BCUT2D eigenvalue weighted by atomic mass is 19.1. The largest absolute Gasteiger partial charge is 0.289 e. The monoisotopic (exact) mass is 344 g/mol. The molecule has 3 aromatic carbocycles. The average molecular weight is 344 g/mol. The van der Waals surface area contributed by atoms with Crippen LogP contribution in [0.2, 0.25) is 0 Å². The van der Waals surface area contributed by atoms with Crippen molar-refractivity contribution >= 4 is 28.9 Å². The average Bonchev–Trinajstić information content (AvgIpc) is 2.97. The zero-order chi connectivity index (χ0) is 17.8. The van der Waals surface area contributed by atoms with E-state index < -0.39 is 6.04 Å². The van der Waals surface area contributed by atoms with Crippen LogP contribution in [-0.4, -0.2) is 11.8 Å². The fourth-order valence-corrected chi connectivity index (χ4v) is 3.76. The molecule has 126 valence electrons. The van der Waals surface area contributed by atoms with Crippen LogP contribution in [0.5, 0.6) is 0 Å². The molecular formula is C21H13FN2O2. The molecule has 0 bridgehead atoms. The lowest BCUT2D eigenvalue weighted by atomic mass is 10.0. The molecule has 0 aromatic heterocycles. The molecule has 3 aromatic rings. The van der Waals surface area contributed by atoms with Gasteiger partial charge in [-0.15, -0.1) is 0 Å². The van der Waals surface area contributed by atoms with E-state index in [1.165, 1.54) is 12.1 Å². The second-order valence-electron chi connectivity index (χ2n) is 6.30. The van der Waals surface area contributed by atoms with Gasteiger partial charge in [0, 0.05) is 11.3 Å². The maximum Gasteiger partial charge on any atom is 0.259 e. The van der Waals surface area contributed by atoms with Crippen LogP contribution in [0.15, 0.2) is 72.8 Å². The second-order valence-corrected chi connectivity index (χ2v) is 6.30. The van der Waals surface area contributed by atoms with E-state index >= 15 is 0 Å². The van der Waals surface area contributed by atoms with Gasteiger partial charge in [0.15, 0.2) is 0 Å². The number of nitrogens with zero attached hydrogens (tertiary/aromatic N) is 2. The topological polar surface area (TPSA) is 40.6 Å². The minimum absolute atomic E-state index is 0.176. The zero-order valence-corrected chi connectivity index (χ0v) is 13.6. The number of fused-ring (bicyclic) bond motifs is 5. The molecular weight excluding hydrogens is 331 g/mol. The van der Waals surface area contributed by atoms with E-state index in [1.54, 1.807) is 40.1 Å². The summed E-state index contributed by atoms with van der Waals surface area (Å²) in [6.07, 6.45) is 0. The summed E-state index contributed by atoms with van der Waals surface area (Å²) in [6.45, 7) is 0. The lowest BCUT2D eigenvalue weighted by Crippen LogP contribution is -2.45. The van der Waals surface area contributed by atoms with Crippen LogP contribution < -0.4 is 9.80 Å². The molecule has 26 heavy (non-hydrogen) atoms. The molecule has 0 aliphatic carbocycles. The first-order valence-electron chi connectivity index (χ1n) is 8.28. The van der Waals surface area contributed by atoms with E-state index in [-0.39, 0.29) is 17.6 Å². The second kappa shape index (κ2) is 5.26. The first-order chi connectivity index (χ1) is 12.7. The van der Waals surface area contributed by atoms with Crippen LogP contribution in [-0.2, 0) is 4.79 Å². The van der Waals surface area contributed by atoms with Crippen LogP contribution in [0.25, 0.3) is 0 Å². The predicted molar refractivity (Wildman–Crippen MR) is 96.0 cm³/mol. The van der Waals surface area contributed by atoms with Gasteiger partial charge in [0.2, 0.25) is 0 Å². The van der Waals surface area contributed by atoms with Crippen LogP contribution in [0, 0.1) is 5.82 Å². The molecule has 2 aliphatic heterocycles. The number of para-hydroxylation sites is 2. The number of carbonyl (C=O) groups excluding carboxylic acids is 2. The number of hydrogen-bond donors (Lipinski definition) is 0. The smallest absolute Gasteiger partial charge is 0.259 e. The summed E-state index contributed by atoms with van der Waals surface area (Å²) in [7, 11) is 0. The molecule has 2 amide bonds. The highest BCUT2D eigenvalue weighted by Gasteiger charge is 2.48. The molecule has 0 fully saturated rings. The Morgan fingerprint density at radius 3 is 2.19 bits per heavy atom. The van der Waals surface area contributed by atoms with E-state index in [1.807, 2.05) is 30.3 Å². The molecule has 0 spiro atoms. The molecule has 5 heteroatoms. The molecule has 1 atom stereocenters. The van der Waals surface area contributed by atoms with Crippen LogP contribution in [0.4, 0.5) is 21.5 Å². The van der Waals surface area contributed by atoms with Crippen molar-refractivity contribution in [3.8, 4) is 0 Å². The van der Waals surface area contributed by atoms with E-state index in [2.05, 4.69) is 0 Å². The van der Waals surface area contributed by atoms with Crippen molar-refractivity contribution in [2.75, 3.05) is 9.80 Å². The molecule has 5 rings (SSSR count). The molecule has 2 aliphatic rings. The minimum atomic E-state index is -0.710. The Bertz CT molecular complexity index is 1060. The molecule has 0 saturated carbocycles. The third-order valence-corrected chi connectivity index (χ3v) is 4.88. The van der Waals surface area contributed by atoms with Crippen molar-refractivity contribution in [1.82, 2.24) is 0 Å². The van der Waals surface area contributed by atoms with Crippen molar-refractivity contribution in [3.63, 3.8) is 0 Å². The van der Waals surface area contributed by atoms with Gasteiger partial charge in [0.1, 0.15) is 11.9 Å². The number of amides is 2. The summed E-state index contributed by atoms with van der Waals surface area (Å²) in [5, 5.41) is 0. The van der Waals surface area contributed by atoms with Gasteiger partial charge in [0.25, 0.3) is 11.8 Å². The molecule has 0 saturated heterocycles. The number of hydrogen-bond acceptors (Lipinski definition) is 2. The quantitative estimate of drug-likeness (QED) is 0.664. The van der Waals surface area contributed by atoms with Crippen molar-refractivity contribution < 1.29 is 14.0 Å². The number of benzene rings is 3. The van der Waals surface area contributed by atoms with Gasteiger partial charge >= 0.3 is 0 Å². The van der Waals surface area contributed by atoms with Gasteiger partial charge in [0.05, 0.1) is 11.4 Å². The zero-order valence-electron chi connectivity index (χ0n) is 13.6. The first-order valence-corrected chi connectivity index (χ1v) is 8.28. The van der Waals surface area contributed by atoms with E-state index in [9.17, 15) is 14.0 Å². The van der Waals surface area contributed by atoms with Gasteiger partial charge < -0.3 is 0 Å². The van der Waals surface area contributed by atoms with Crippen molar-refractivity contribution in [1.29, 1.82) is 0 Å². The van der Waals surface area contributed by atoms with Crippen LogP contribution >= 0.6 is 0 Å². The van der Waals surface area contributed by atoms with Crippen molar-refractivity contribution in [3.05, 3.63) is 89.7 Å². The van der Waals surface area contributed by atoms with Gasteiger partial charge in [-0.1, -0.05) is 30.3 Å². The number of anilines is 3. The van der Waals surface area contributed by atoms with E-state index in [0.29, 0.717) is 28.2 Å². The Morgan fingerprint density at radius 1 is 0.769 bits per heavy atom. The summed E-state index contributed by atoms with van der Waals surface area (Å²) in [4.78, 5) is 29.5. The predicted octanol–water partition coefficient (Wildman–Crippen LogP) is 4.21. The number of carbonyl (C=O) groups is 2. The molecule has 2 heterocycles. The Morgan fingerprint density at radius 2 is 1.42 bits per heavy atom. The third-order valence-electron chi connectivity index (χ3n) is 4.88. The Kier molecular flexibility index (Phi) is 3.00. The standard InChI is InChI=1S/C21H13FN2O2/c22-13-9-11-14(12-10-13)23-17-7-3-4-8-18(17)24-19(21(23)26)15-5-1-2-6-16(15)20(24)25/h1-12,19H. The van der Waals surface area contributed by atoms with Gasteiger partial charge in [-0.25, -0.2) is 4.39 Å². The fourth-order valence-electron chi connectivity index (χ4n) is 3.76. The maximum absolute atomic E-state index is 13.4. The van der Waals surface area contributed by atoms with Crippen molar-refractivity contribution in [2.45, 2.75) is 6.04 Å². The normalized spacial score (nSPS) is 17.8. The van der Waals surface area contributed by atoms with Gasteiger partial charge in [-0.05, 0) is 48.0 Å².